The van der Waals surface area contributed by atoms with Gasteiger partial charge >= 0.3 is 0 Å². The zero-order valence-corrected chi connectivity index (χ0v) is 18.2. The van der Waals surface area contributed by atoms with Gasteiger partial charge in [0, 0.05) is 23.2 Å². The summed E-state index contributed by atoms with van der Waals surface area (Å²) in [4.78, 5) is 17.9. The van der Waals surface area contributed by atoms with Crippen molar-refractivity contribution in [1.29, 1.82) is 0 Å². The smallest absolute Gasteiger partial charge is 0.268 e. The second kappa shape index (κ2) is 8.62. The first-order valence-corrected chi connectivity index (χ1v) is 11.5. The number of rotatable bonds is 5. The molecule has 0 aliphatic carbocycles. The van der Waals surface area contributed by atoms with Gasteiger partial charge in [0.2, 0.25) is 16.1 Å². The van der Waals surface area contributed by atoms with Crippen molar-refractivity contribution in [3.8, 4) is 11.1 Å². The van der Waals surface area contributed by atoms with Gasteiger partial charge in [0.25, 0.3) is 5.91 Å². The first-order valence-electron chi connectivity index (χ1n) is 9.53. The Morgan fingerprint density at radius 1 is 1.06 bits per heavy atom. The van der Waals surface area contributed by atoms with E-state index in [-0.39, 0.29) is 17.2 Å². The molecule has 1 aliphatic rings. The minimum absolute atomic E-state index is 0.0312. The highest BCUT2D eigenvalue weighted by molar-refractivity contribution is 7.89. The molecule has 1 atom stereocenters. The summed E-state index contributed by atoms with van der Waals surface area (Å²) in [7, 11) is -3.87. The van der Waals surface area contributed by atoms with Crippen molar-refractivity contribution in [1.82, 2.24) is 0 Å². The van der Waals surface area contributed by atoms with Crippen LogP contribution in [0.25, 0.3) is 11.1 Å². The molecule has 0 spiro atoms. The number of carbonyl (C=O) groups excluding carboxylic acids is 1. The molecule has 0 saturated carbocycles. The average Bonchev–Trinajstić information content (AvgIpc) is 3.26. The van der Waals surface area contributed by atoms with Crippen LogP contribution in [0.4, 0.5) is 11.4 Å². The van der Waals surface area contributed by atoms with E-state index in [1.54, 1.807) is 60.7 Å². The van der Waals surface area contributed by atoms with Crippen LogP contribution in [0.1, 0.15) is 12.0 Å². The Morgan fingerprint density at radius 2 is 1.75 bits per heavy atom. The number of nitrogen functional groups attached to an aromatic ring is 1. The monoisotopic (exact) mass is 470 g/mol. The number of hydrogen-bond donors (Lipinski definition) is 3. The Bertz CT molecular complexity index is 1320. The summed E-state index contributed by atoms with van der Waals surface area (Å²) in [6.45, 7) is 0. The largest absolute Gasteiger partial charge is 0.398 e. The third-order valence-corrected chi connectivity index (χ3v) is 6.26. The molecule has 1 amide bonds. The van der Waals surface area contributed by atoms with Gasteiger partial charge in [0.1, 0.15) is 0 Å². The summed E-state index contributed by atoms with van der Waals surface area (Å²) >= 11 is 5.94. The number of sulfonamides is 1. The van der Waals surface area contributed by atoms with Crippen LogP contribution < -0.4 is 16.2 Å². The topological polar surface area (TPSA) is 137 Å². The molecule has 5 N–H and O–H groups in total. The van der Waals surface area contributed by atoms with E-state index in [9.17, 15) is 13.2 Å². The quantitative estimate of drug-likeness (QED) is 0.491. The number of oxime groups is 1. The van der Waals surface area contributed by atoms with Gasteiger partial charge in [0.05, 0.1) is 21.3 Å². The van der Waals surface area contributed by atoms with Crippen molar-refractivity contribution in [2.75, 3.05) is 11.1 Å². The fourth-order valence-corrected chi connectivity index (χ4v) is 4.20. The molecule has 1 heterocycles. The van der Waals surface area contributed by atoms with Crippen molar-refractivity contribution < 1.29 is 18.0 Å². The summed E-state index contributed by atoms with van der Waals surface area (Å²) in [5.74, 6) is -0.358. The number of anilines is 2. The third-order valence-electron chi connectivity index (χ3n) is 4.95. The van der Waals surface area contributed by atoms with Crippen LogP contribution in [0.3, 0.4) is 0 Å². The number of halogens is 1. The van der Waals surface area contributed by atoms with Crippen molar-refractivity contribution in [2.45, 2.75) is 17.4 Å². The number of hydrogen-bond acceptors (Lipinski definition) is 6. The molecule has 0 fully saturated rings. The molecular formula is C22H19ClN4O4S. The highest BCUT2D eigenvalue weighted by atomic mass is 35.5. The Kier molecular flexibility index (Phi) is 5.88. The van der Waals surface area contributed by atoms with Gasteiger partial charge in [-0.2, -0.15) is 0 Å². The van der Waals surface area contributed by atoms with Gasteiger partial charge < -0.3 is 15.9 Å². The molecule has 3 aromatic carbocycles. The Hall–Kier alpha value is -3.40. The van der Waals surface area contributed by atoms with Crippen LogP contribution in [-0.4, -0.2) is 26.1 Å². The third kappa shape index (κ3) is 4.59. The standard InChI is InChI=1S/C22H19ClN4O4S/c23-17-10-7-14(11-18(17)24)19-12-20(31-27-19)22(28)26-15-8-5-13(6-9-15)16-3-1-2-4-21(16)32(25,29)30/h1-11,20H,12,24H2,(H,26,28)(H2,25,29,30). The average molecular weight is 471 g/mol. The van der Waals surface area contributed by atoms with E-state index in [1.165, 1.54) is 6.07 Å². The molecule has 3 aromatic rings. The van der Waals surface area contributed by atoms with Crippen molar-refractivity contribution in [3.63, 3.8) is 0 Å². The van der Waals surface area contributed by atoms with E-state index < -0.39 is 16.1 Å². The highest BCUT2D eigenvalue weighted by Gasteiger charge is 2.29. The highest BCUT2D eigenvalue weighted by Crippen LogP contribution is 2.28. The van der Waals surface area contributed by atoms with Gasteiger partial charge in [-0.3, -0.25) is 4.79 Å². The SMILES string of the molecule is Nc1cc(C2=NOC(C(=O)Nc3ccc(-c4ccccc4S(N)(=O)=O)cc3)C2)ccc1Cl. The maximum atomic E-state index is 12.6. The van der Waals surface area contributed by atoms with Gasteiger partial charge in [0.15, 0.2) is 0 Å². The van der Waals surface area contributed by atoms with Crippen LogP contribution in [0, 0.1) is 0 Å². The molecule has 0 aromatic heterocycles. The minimum atomic E-state index is -3.87. The number of nitrogens with one attached hydrogen (secondary N) is 1. The Morgan fingerprint density at radius 3 is 2.44 bits per heavy atom. The first kappa shape index (κ1) is 21.8. The summed E-state index contributed by atoms with van der Waals surface area (Å²) < 4.78 is 23.7. The molecule has 164 valence electrons. The fourth-order valence-electron chi connectivity index (χ4n) is 3.32. The normalized spacial score (nSPS) is 15.7. The van der Waals surface area contributed by atoms with Crippen LogP contribution in [0.5, 0.6) is 0 Å². The van der Waals surface area contributed by atoms with Crippen LogP contribution in [-0.2, 0) is 19.7 Å². The summed E-state index contributed by atoms with van der Waals surface area (Å²) in [6, 6.07) is 18.3. The maximum Gasteiger partial charge on any atom is 0.268 e. The van der Waals surface area contributed by atoms with Gasteiger partial charge in [-0.05, 0) is 35.9 Å². The number of benzene rings is 3. The number of carbonyl (C=O) groups is 1. The fraction of sp³-hybridized carbons (Fsp3) is 0.0909. The molecule has 0 saturated heterocycles. The van der Waals surface area contributed by atoms with Crippen molar-refractivity contribution in [3.05, 3.63) is 77.3 Å². The second-order valence-electron chi connectivity index (χ2n) is 7.18. The number of primary sulfonamides is 1. The molecule has 1 aliphatic heterocycles. The van der Waals surface area contributed by atoms with Crippen molar-refractivity contribution in [2.24, 2.45) is 10.3 Å². The zero-order valence-electron chi connectivity index (χ0n) is 16.7. The zero-order chi connectivity index (χ0) is 22.9. The summed E-state index contributed by atoms with van der Waals surface area (Å²) in [6.07, 6.45) is -0.503. The van der Waals surface area contributed by atoms with Gasteiger partial charge in [-0.15, -0.1) is 0 Å². The van der Waals surface area contributed by atoms with Crippen LogP contribution in [0.15, 0.2) is 76.8 Å². The van der Waals surface area contributed by atoms with Gasteiger partial charge in [-0.25, -0.2) is 13.6 Å². The molecule has 0 radical (unpaired) electrons. The second-order valence-corrected chi connectivity index (χ2v) is 9.12. The molecule has 1 unspecified atom stereocenters. The predicted octanol–water partition coefficient (Wildman–Crippen LogP) is 3.37. The van der Waals surface area contributed by atoms with E-state index in [0.29, 0.717) is 33.2 Å². The lowest BCUT2D eigenvalue weighted by Crippen LogP contribution is -2.28. The maximum absolute atomic E-state index is 12.6. The number of nitrogens with two attached hydrogens (primary N) is 2. The van der Waals surface area contributed by atoms with E-state index in [4.69, 9.17) is 27.3 Å². The first-order chi connectivity index (χ1) is 15.2. The van der Waals surface area contributed by atoms with E-state index in [0.717, 1.165) is 5.56 Å². The molecule has 4 rings (SSSR count). The molecule has 10 heteroatoms. The predicted molar refractivity (Wildman–Crippen MR) is 124 cm³/mol. The van der Waals surface area contributed by atoms with Gasteiger partial charge in [-0.1, -0.05) is 53.2 Å². The summed E-state index contributed by atoms with van der Waals surface area (Å²) in [5.41, 5.74) is 9.24. The molecule has 0 bridgehead atoms. The van der Waals surface area contributed by atoms with Crippen LogP contribution in [0.2, 0.25) is 5.02 Å². The number of nitrogens with zero attached hydrogens (tertiary/aromatic N) is 1. The van der Waals surface area contributed by atoms with E-state index >= 15 is 0 Å². The lowest BCUT2D eigenvalue weighted by Gasteiger charge is -2.11. The van der Waals surface area contributed by atoms with E-state index in [1.807, 2.05) is 0 Å². The molecular weight excluding hydrogens is 452 g/mol. The molecule has 32 heavy (non-hydrogen) atoms. The molecule has 8 nitrogen and oxygen atoms in total. The van der Waals surface area contributed by atoms with E-state index in [2.05, 4.69) is 10.5 Å². The lowest BCUT2D eigenvalue weighted by atomic mass is 10.0. The lowest BCUT2D eigenvalue weighted by molar-refractivity contribution is -0.125. The Labute approximate surface area is 189 Å². The number of amides is 1. The van der Waals surface area contributed by atoms with Crippen molar-refractivity contribution >= 4 is 44.6 Å². The summed E-state index contributed by atoms with van der Waals surface area (Å²) in [5, 5.41) is 12.5. The van der Waals surface area contributed by atoms with Crippen LogP contribution >= 0.6 is 11.6 Å². The Balaban J connectivity index is 1.44. The minimum Gasteiger partial charge on any atom is -0.398 e.